The van der Waals surface area contributed by atoms with Gasteiger partial charge in [0.1, 0.15) is 5.75 Å². The van der Waals surface area contributed by atoms with Crippen LogP contribution in [0.1, 0.15) is 46.1 Å². The lowest BCUT2D eigenvalue weighted by molar-refractivity contribution is 0.270. The van der Waals surface area contributed by atoms with E-state index in [4.69, 9.17) is 4.74 Å². The number of methoxy groups -OCH3 is 1. The van der Waals surface area contributed by atoms with Crippen molar-refractivity contribution in [2.24, 2.45) is 11.3 Å². The fraction of sp³-hybridized carbons (Fsp3) is 0.667. The van der Waals surface area contributed by atoms with Gasteiger partial charge in [0.05, 0.1) is 11.6 Å². The summed E-state index contributed by atoms with van der Waals surface area (Å²) >= 11 is 3.58. The van der Waals surface area contributed by atoms with Gasteiger partial charge < -0.3 is 10.1 Å². The molecule has 0 aliphatic carbocycles. The zero-order chi connectivity index (χ0) is 15.9. The summed E-state index contributed by atoms with van der Waals surface area (Å²) in [5.41, 5.74) is 1.67. The lowest BCUT2D eigenvalue weighted by Gasteiger charge is -2.30. The van der Waals surface area contributed by atoms with E-state index in [9.17, 15) is 0 Å². The Balaban J connectivity index is 2.74. The summed E-state index contributed by atoms with van der Waals surface area (Å²) in [7, 11) is 1.71. The van der Waals surface area contributed by atoms with Gasteiger partial charge in [-0.15, -0.1) is 0 Å². The molecule has 1 N–H and O–H groups in total. The molecule has 2 nitrogen and oxygen atoms in total. The van der Waals surface area contributed by atoms with Gasteiger partial charge in [0.2, 0.25) is 0 Å². The molecule has 0 aliphatic heterocycles. The molecule has 0 aromatic heterocycles. The zero-order valence-corrected chi connectivity index (χ0v) is 15.7. The molecule has 1 atom stereocenters. The van der Waals surface area contributed by atoms with Gasteiger partial charge in [-0.2, -0.15) is 0 Å². The van der Waals surface area contributed by atoms with Crippen LogP contribution in [-0.2, 0) is 6.42 Å². The van der Waals surface area contributed by atoms with Crippen molar-refractivity contribution < 1.29 is 4.74 Å². The Labute approximate surface area is 138 Å². The third kappa shape index (κ3) is 6.39. The molecule has 1 aromatic carbocycles. The predicted octanol–water partition coefficient (Wildman–Crippen LogP) is 5.05. The minimum absolute atomic E-state index is 0.303. The number of halogens is 1. The Morgan fingerprint density at radius 2 is 2.05 bits per heavy atom. The lowest BCUT2D eigenvalue weighted by atomic mass is 9.79. The van der Waals surface area contributed by atoms with Gasteiger partial charge in [-0.25, -0.2) is 0 Å². The molecular formula is C18H30BrNO. The molecule has 0 saturated carbocycles. The van der Waals surface area contributed by atoms with Gasteiger partial charge in [0.25, 0.3) is 0 Å². The molecule has 0 heterocycles. The average molecular weight is 356 g/mol. The summed E-state index contributed by atoms with van der Waals surface area (Å²) in [4.78, 5) is 0. The van der Waals surface area contributed by atoms with Gasteiger partial charge in [0, 0.05) is 6.54 Å². The maximum Gasteiger partial charge on any atom is 0.133 e. The van der Waals surface area contributed by atoms with Crippen LogP contribution in [-0.4, -0.2) is 20.2 Å². The molecule has 120 valence electrons. The highest BCUT2D eigenvalue weighted by molar-refractivity contribution is 9.10. The Hall–Kier alpha value is -0.540. The van der Waals surface area contributed by atoms with Gasteiger partial charge in [-0.3, -0.25) is 0 Å². The second-order valence-corrected chi connectivity index (χ2v) is 7.59. The van der Waals surface area contributed by atoms with Crippen molar-refractivity contribution in [1.82, 2.24) is 5.32 Å². The van der Waals surface area contributed by atoms with E-state index in [1.54, 1.807) is 7.11 Å². The summed E-state index contributed by atoms with van der Waals surface area (Å²) in [6.07, 6.45) is 3.55. The van der Waals surface area contributed by atoms with Crippen molar-refractivity contribution in [1.29, 1.82) is 0 Å². The highest BCUT2D eigenvalue weighted by Crippen LogP contribution is 2.31. The van der Waals surface area contributed by atoms with E-state index in [1.165, 1.54) is 18.4 Å². The molecule has 0 saturated heterocycles. The smallest absolute Gasteiger partial charge is 0.133 e. The van der Waals surface area contributed by atoms with E-state index in [0.717, 1.165) is 29.7 Å². The first-order valence-electron chi connectivity index (χ1n) is 7.93. The topological polar surface area (TPSA) is 21.3 Å². The molecular weight excluding hydrogens is 326 g/mol. The third-order valence-electron chi connectivity index (χ3n) is 3.81. The third-order valence-corrected chi connectivity index (χ3v) is 4.42. The van der Waals surface area contributed by atoms with Crippen LogP contribution in [0.2, 0.25) is 0 Å². The molecule has 1 aromatic rings. The van der Waals surface area contributed by atoms with Crippen molar-refractivity contribution >= 4 is 15.9 Å². The maximum atomic E-state index is 5.31. The molecule has 0 amide bonds. The van der Waals surface area contributed by atoms with Crippen LogP contribution in [0.15, 0.2) is 22.7 Å². The van der Waals surface area contributed by atoms with E-state index in [-0.39, 0.29) is 0 Å². The van der Waals surface area contributed by atoms with Crippen LogP contribution in [0.4, 0.5) is 0 Å². The summed E-state index contributed by atoms with van der Waals surface area (Å²) in [5, 5.41) is 3.63. The van der Waals surface area contributed by atoms with Crippen molar-refractivity contribution in [2.75, 3.05) is 20.2 Å². The van der Waals surface area contributed by atoms with E-state index in [1.807, 2.05) is 6.07 Å². The highest BCUT2D eigenvalue weighted by Gasteiger charge is 2.24. The number of benzene rings is 1. The van der Waals surface area contributed by atoms with Crippen molar-refractivity contribution in [3.8, 4) is 5.75 Å². The van der Waals surface area contributed by atoms with Gasteiger partial charge in [0.15, 0.2) is 0 Å². The Bertz CT molecular complexity index is 433. The van der Waals surface area contributed by atoms with E-state index < -0.39 is 0 Å². The second kappa shape index (κ2) is 8.79. The number of hydrogen-bond acceptors (Lipinski definition) is 2. The standard InChI is InChI=1S/C18H30BrNO/c1-6-9-18(4,13-20-12-14(2)3)11-15-7-8-17(21-5)16(19)10-15/h7-8,10,14,20H,6,9,11-13H2,1-5H3. The number of ether oxygens (including phenoxy) is 1. The molecule has 3 heteroatoms. The quantitative estimate of drug-likeness (QED) is 0.668. The molecule has 0 aliphatic rings. The lowest BCUT2D eigenvalue weighted by Crippen LogP contribution is -2.35. The monoisotopic (exact) mass is 355 g/mol. The van der Waals surface area contributed by atoms with E-state index in [0.29, 0.717) is 11.3 Å². The fourth-order valence-corrected chi connectivity index (χ4v) is 3.41. The van der Waals surface area contributed by atoms with Gasteiger partial charge >= 0.3 is 0 Å². The molecule has 21 heavy (non-hydrogen) atoms. The van der Waals surface area contributed by atoms with Crippen LogP contribution >= 0.6 is 15.9 Å². The van der Waals surface area contributed by atoms with Crippen LogP contribution in [0.5, 0.6) is 5.75 Å². The van der Waals surface area contributed by atoms with Crippen molar-refractivity contribution in [3.05, 3.63) is 28.2 Å². The van der Waals surface area contributed by atoms with Crippen LogP contribution in [0.25, 0.3) is 0 Å². The fourth-order valence-electron chi connectivity index (χ4n) is 2.82. The number of hydrogen-bond donors (Lipinski definition) is 1. The Kier molecular flexibility index (Phi) is 7.75. The summed E-state index contributed by atoms with van der Waals surface area (Å²) in [6, 6.07) is 6.42. The van der Waals surface area contributed by atoms with Crippen molar-refractivity contribution in [2.45, 2.75) is 47.0 Å². The molecule has 1 unspecified atom stereocenters. The first-order valence-corrected chi connectivity index (χ1v) is 8.72. The number of rotatable bonds is 9. The Morgan fingerprint density at radius 1 is 1.33 bits per heavy atom. The maximum absolute atomic E-state index is 5.31. The Morgan fingerprint density at radius 3 is 2.57 bits per heavy atom. The molecule has 0 radical (unpaired) electrons. The van der Waals surface area contributed by atoms with Crippen molar-refractivity contribution in [3.63, 3.8) is 0 Å². The van der Waals surface area contributed by atoms with Crippen LogP contribution in [0.3, 0.4) is 0 Å². The summed E-state index contributed by atoms with van der Waals surface area (Å²) in [5.74, 6) is 1.60. The summed E-state index contributed by atoms with van der Waals surface area (Å²) in [6.45, 7) is 11.3. The van der Waals surface area contributed by atoms with Crippen LogP contribution in [0, 0.1) is 11.3 Å². The minimum Gasteiger partial charge on any atom is -0.496 e. The van der Waals surface area contributed by atoms with Crippen LogP contribution < -0.4 is 10.1 Å². The van der Waals surface area contributed by atoms with Gasteiger partial charge in [-0.05, 0) is 64.3 Å². The molecule has 0 bridgehead atoms. The SMILES string of the molecule is CCCC(C)(CNCC(C)C)Cc1ccc(OC)c(Br)c1. The second-order valence-electron chi connectivity index (χ2n) is 6.73. The summed E-state index contributed by atoms with van der Waals surface area (Å²) < 4.78 is 6.35. The van der Waals surface area contributed by atoms with Gasteiger partial charge in [-0.1, -0.05) is 40.2 Å². The molecule has 0 fully saturated rings. The predicted molar refractivity (Wildman–Crippen MR) is 95.1 cm³/mol. The normalized spacial score (nSPS) is 14.2. The average Bonchev–Trinajstić information content (AvgIpc) is 2.38. The van der Waals surface area contributed by atoms with E-state index in [2.05, 4.69) is 61.1 Å². The largest absolute Gasteiger partial charge is 0.496 e. The molecule has 1 rings (SSSR count). The highest BCUT2D eigenvalue weighted by atomic mass is 79.9. The van der Waals surface area contributed by atoms with E-state index >= 15 is 0 Å². The first-order chi connectivity index (χ1) is 9.90. The zero-order valence-electron chi connectivity index (χ0n) is 14.1. The first kappa shape index (κ1) is 18.5. The number of nitrogens with one attached hydrogen (secondary N) is 1. The minimum atomic E-state index is 0.303. The molecule has 0 spiro atoms.